The molecule has 13 heavy (non-hydrogen) atoms. The Kier molecular flexibility index (Phi) is 5.57. The largest absolute Gasteiger partial charge is 0.371 e. The molecular weight excluding hydrogens is 162 g/mol. The van der Waals surface area contributed by atoms with E-state index < -0.39 is 0 Å². The van der Waals surface area contributed by atoms with E-state index in [1.54, 1.807) is 0 Å². The Balaban J connectivity index is 3.89. The van der Waals surface area contributed by atoms with E-state index in [2.05, 4.69) is 46.6 Å². The zero-order chi connectivity index (χ0) is 10.5. The van der Waals surface area contributed by atoms with Crippen molar-refractivity contribution in [3.8, 4) is 0 Å². The van der Waals surface area contributed by atoms with Crippen LogP contribution in [-0.4, -0.2) is 36.7 Å². The minimum absolute atomic E-state index is 0.0186. The molecule has 0 saturated heterocycles. The fraction of sp³-hybridized carbons (Fsp3) is 1.00. The summed E-state index contributed by atoms with van der Waals surface area (Å²) in [5.41, 5.74) is -0.0186. The summed E-state index contributed by atoms with van der Waals surface area (Å²) in [5, 5.41) is 0. The van der Waals surface area contributed by atoms with Crippen molar-refractivity contribution in [1.29, 1.82) is 0 Å². The van der Waals surface area contributed by atoms with Crippen LogP contribution in [0, 0.1) is 0 Å². The van der Waals surface area contributed by atoms with Gasteiger partial charge in [-0.15, -0.1) is 0 Å². The first kappa shape index (κ1) is 12.9. The third-order valence-corrected chi connectivity index (χ3v) is 2.03. The fourth-order valence-corrected chi connectivity index (χ4v) is 1.23. The van der Waals surface area contributed by atoms with Crippen molar-refractivity contribution in [1.82, 2.24) is 4.90 Å². The van der Waals surface area contributed by atoms with E-state index in [4.69, 9.17) is 4.74 Å². The monoisotopic (exact) mass is 187 g/mol. The molecule has 1 atom stereocenters. The topological polar surface area (TPSA) is 12.5 Å². The van der Waals surface area contributed by atoms with E-state index in [-0.39, 0.29) is 5.60 Å². The van der Waals surface area contributed by atoms with Crippen LogP contribution < -0.4 is 0 Å². The van der Waals surface area contributed by atoms with Crippen molar-refractivity contribution in [2.24, 2.45) is 0 Å². The molecule has 0 aliphatic carbocycles. The van der Waals surface area contributed by atoms with Crippen LogP contribution >= 0.6 is 0 Å². The summed E-state index contributed by atoms with van der Waals surface area (Å²) in [5.74, 6) is 0. The highest BCUT2D eigenvalue weighted by atomic mass is 16.5. The van der Waals surface area contributed by atoms with Gasteiger partial charge in [0.15, 0.2) is 0 Å². The van der Waals surface area contributed by atoms with Gasteiger partial charge in [-0.2, -0.15) is 0 Å². The van der Waals surface area contributed by atoms with Gasteiger partial charge in [0, 0.05) is 6.54 Å². The van der Waals surface area contributed by atoms with Gasteiger partial charge in [0.05, 0.1) is 11.7 Å². The van der Waals surface area contributed by atoms with Crippen molar-refractivity contribution in [2.75, 3.05) is 20.1 Å². The lowest BCUT2D eigenvalue weighted by molar-refractivity contribution is -0.0701. The maximum atomic E-state index is 5.92. The van der Waals surface area contributed by atoms with Crippen LogP contribution in [0.2, 0.25) is 0 Å². The van der Waals surface area contributed by atoms with Crippen molar-refractivity contribution in [2.45, 2.75) is 52.7 Å². The Hall–Kier alpha value is -0.0800. The molecular formula is C11H25NO. The summed E-state index contributed by atoms with van der Waals surface area (Å²) in [6, 6.07) is 0. The third kappa shape index (κ3) is 7.03. The molecule has 1 unspecified atom stereocenters. The zero-order valence-corrected chi connectivity index (χ0v) is 10.1. The van der Waals surface area contributed by atoms with E-state index in [1.165, 1.54) is 0 Å². The molecule has 0 spiro atoms. The minimum Gasteiger partial charge on any atom is -0.371 e. The second-order valence-corrected chi connectivity index (χ2v) is 4.62. The van der Waals surface area contributed by atoms with Gasteiger partial charge in [-0.05, 0) is 40.8 Å². The molecule has 0 bridgehead atoms. The van der Waals surface area contributed by atoms with Gasteiger partial charge in [-0.25, -0.2) is 0 Å². The molecule has 0 rings (SSSR count). The first-order valence-electron chi connectivity index (χ1n) is 5.25. The van der Waals surface area contributed by atoms with E-state index in [9.17, 15) is 0 Å². The first-order chi connectivity index (χ1) is 5.89. The second-order valence-electron chi connectivity index (χ2n) is 4.62. The van der Waals surface area contributed by atoms with E-state index in [0.29, 0.717) is 6.10 Å². The van der Waals surface area contributed by atoms with Crippen molar-refractivity contribution < 1.29 is 4.74 Å². The number of hydrogen-bond acceptors (Lipinski definition) is 2. The van der Waals surface area contributed by atoms with Crippen LogP contribution in [0.5, 0.6) is 0 Å². The molecule has 80 valence electrons. The molecule has 0 aromatic carbocycles. The highest BCUT2D eigenvalue weighted by Crippen LogP contribution is 2.13. The van der Waals surface area contributed by atoms with Crippen molar-refractivity contribution >= 4 is 0 Å². The lowest BCUT2D eigenvalue weighted by atomic mass is 10.1. The first-order valence-corrected chi connectivity index (χ1v) is 5.25. The smallest absolute Gasteiger partial charge is 0.0706 e. The van der Waals surface area contributed by atoms with Gasteiger partial charge < -0.3 is 9.64 Å². The predicted molar refractivity (Wildman–Crippen MR) is 58.1 cm³/mol. The molecule has 0 N–H and O–H groups in total. The summed E-state index contributed by atoms with van der Waals surface area (Å²) < 4.78 is 5.92. The standard InChI is InChI=1S/C11H25NO/c1-7-10(9-12(6)8-2)13-11(3,4)5/h10H,7-9H2,1-6H3. The fourth-order valence-electron chi connectivity index (χ4n) is 1.23. The van der Waals surface area contributed by atoms with Crippen LogP contribution in [0.4, 0.5) is 0 Å². The Morgan fingerprint density at radius 1 is 1.23 bits per heavy atom. The number of nitrogens with zero attached hydrogens (tertiary/aromatic N) is 1. The Morgan fingerprint density at radius 2 is 1.77 bits per heavy atom. The van der Waals surface area contributed by atoms with E-state index in [0.717, 1.165) is 19.5 Å². The normalized spacial score (nSPS) is 15.0. The van der Waals surface area contributed by atoms with Gasteiger partial charge in [0.1, 0.15) is 0 Å². The van der Waals surface area contributed by atoms with Gasteiger partial charge in [0.25, 0.3) is 0 Å². The molecule has 0 fully saturated rings. The van der Waals surface area contributed by atoms with Gasteiger partial charge in [-0.3, -0.25) is 0 Å². The quantitative estimate of drug-likeness (QED) is 0.656. The lowest BCUT2D eigenvalue weighted by Crippen LogP contribution is -2.35. The summed E-state index contributed by atoms with van der Waals surface area (Å²) in [7, 11) is 2.13. The lowest BCUT2D eigenvalue weighted by Gasteiger charge is -2.29. The molecule has 0 aliphatic heterocycles. The van der Waals surface area contributed by atoms with Crippen LogP contribution in [0.15, 0.2) is 0 Å². The summed E-state index contributed by atoms with van der Waals surface area (Å²) >= 11 is 0. The van der Waals surface area contributed by atoms with Crippen molar-refractivity contribution in [3.63, 3.8) is 0 Å². The van der Waals surface area contributed by atoms with Gasteiger partial charge in [0.2, 0.25) is 0 Å². The minimum atomic E-state index is -0.0186. The summed E-state index contributed by atoms with van der Waals surface area (Å²) in [6.45, 7) is 12.8. The summed E-state index contributed by atoms with van der Waals surface area (Å²) in [4.78, 5) is 2.29. The third-order valence-electron chi connectivity index (χ3n) is 2.03. The van der Waals surface area contributed by atoms with Crippen LogP contribution in [-0.2, 0) is 4.74 Å². The average Bonchev–Trinajstić information content (AvgIpc) is 2.00. The molecule has 0 aromatic heterocycles. The molecule has 0 radical (unpaired) electrons. The number of hydrogen-bond donors (Lipinski definition) is 0. The molecule has 2 nitrogen and oxygen atoms in total. The number of likely N-dealkylation sites (N-methyl/N-ethyl adjacent to an activating group) is 1. The Labute approximate surface area is 83.3 Å². The van der Waals surface area contributed by atoms with E-state index >= 15 is 0 Å². The molecule has 0 amide bonds. The summed E-state index contributed by atoms with van der Waals surface area (Å²) in [6.07, 6.45) is 1.45. The highest BCUT2D eigenvalue weighted by molar-refractivity contribution is 4.67. The zero-order valence-electron chi connectivity index (χ0n) is 10.1. The molecule has 0 aliphatic rings. The maximum absolute atomic E-state index is 5.92. The van der Waals surface area contributed by atoms with Crippen molar-refractivity contribution in [3.05, 3.63) is 0 Å². The predicted octanol–water partition coefficient (Wildman–Crippen LogP) is 2.53. The van der Waals surface area contributed by atoms with Gasteiger partial charge in [-0.1, -0.05) is 13.8 Å². The maximum Gasteiger partial charge on any atom is 0.0706 e. The number of rotatable bonds is 5. The van der Waals surface area contributed by atoms with Crippen LogP contribution in [0.3, 0.4) is 0 Å². The SMILES string of the molecule is CCC(CN(C)CC)OC(C)(C)C. The molecule has 0 heterocycles. The van der Waals surface area contributed by atoms with Crippen LogP contribution in [0.1, 0.15) is 41.0 Å². The Bertz CT molecular complexity index is 129. The van der Waals surface area contributed by atoms with Crippen LogP contribution in [0.25, 0.3) is 0 Å². The molecule has 0 aromatic rings. The van der Waals surface area contributed by atoms with Gasteiger partial charge >= 0.3 is 0 Å². The molecule has 0 saturated carbocycles. The van der Waals surface area contributed by atoms with E-state index in [1.807, 2.05) is 0 Å². The average molecular weight is 187 g/mol. The second kappa shape index (κ2) is 5.61. The Morgan fingerprint density at radius 3 is 2.08 bits per heavy atom. The number of ether oxygens (including phenoxy) is 1. The molecule has 2 heteroatoms. The highest BCUT2D eigenvalue weighted by Gasteiger charge is 2.17.